The fraction of sp³-hybridized carbons (Fsp3) is 0.625. The Morgan fingerprint density at radius 2 is 2.27 bits per heavy atom. The molecule has 26 heavy (non-hydrogen) atoms. The quantitative estimate of drug-likeness (QED) is 0.776. The number of rotatable bonds is 5. The van der Waals surface area contributed by atoms with Crippen LogP contribution in [0.15, 0.2) is 11.0 Å². The molecule has 1 unspecified atom stereocenters. The summed E-state index contributed by atoms with van der Waals surface area (Å²) < 4.78 is 5.45. The monoisotopic (exact) mass is 383 g/mol. The fourth-order valence-corrected chi connectivity index (χ4v) is 3.56. The highest BCUT2D eigenvalue weighted by molar-refractivity contribution is 6.33. The van der Waals surface area contributed by atoms with E-state index in [0.29, 0.717) is 44.7 Å². The molecular weight excluding hydrogens is 362 g/mol. The number of aromatic nitrogens is 2. The van der Waals surface area contributed by atoms with Crippen LogP contribution in [0.3, 0.4) is 0 Å². The minimum absolute atomic E-state index is 0.0561. The molecule has 3 rings (SSSR count). The molecule has 3 heterocycles. The number of aromatic amines is 1. The van der Waals surface area contributed by atoms with Gasteiger partial charge in [-0.05, 0) is 6.42 Å². The van der Waals surface area contributed by atoms with Gasteiger partial charge in [-0.1, -0.05) is 18.5 Å². The van der Waals surface area contributed by atoms with E-state index >= 15 is 0 Å². The van der Waals surface area contributed by atoms with Gasteiger partial charge in [-0.25, -0.2) is 9.89 Å². The molecule has 0 bridgehead atoms. The molecule has 0 aromatic carbocycles. The summed E-state index contributed by atoms with van der Waals surface area (Å²) in [6.07, 6.45) is 2.47. The van der Waals surface area contributed by atoms with Gasteiger partial charge < -0.3 is 19.9 Å². The molecule has 10 heteroatoms. The summed E-state index contributed by atoms with van der Waals surface area (Å²) >= 11 is 6.01. The van der Waals surface area contributed by atoms with Crippen molar-refractivity contribution < 1.29 is 14.3 Å². The van der Waals surface area contributed by atoms with Crippen molar-refractivity contribution in [1.29, 1.82) is 0 Å². The van der Waals surface area contributed by atoms with E-state index in [-0.39, 0.29) is 23.1 Å². The van der Waals surface area contributed by atoms with Gasteiger partial charge in [0.05, 0.1) is 24.5 Å². The van der Waals surface area contributed by atoms with Crippen LogP contribution >= 0.6 is 11.6 Å². The average Bonchev–Trinajstić information content (AvgIpc) is 3.17. The summed E-state index contributed by atoms with van der Waals surface area (Å²) in [6, 6.07) is -0.217. The normalized spacial score (nSPS) is 22.8. The zero-order valence-corrected chi connectivity index (χ0v) is 15.3. The molecule has 0 saturated carbocycles. The Morgan fingerprint density at radius 1 is 1.46 bits per heavy atom. The first kappa shape index (κ1) is 18.5. The van der Waals surface area contributed by atoms with Gasteiger partial charge >= 0.3 is 6.09 Å². The van der Waals surface area contributed by atoms with E-state index in [4.69, 9.17) is 16.3 Å². The van der Waals surface area contributed by atoms with E-state index in [0.717, 1.165) is 6.42 Å². The number of nitrogens with one attached hydrogen (secondary N) is 2. The van der Waals surface area contributed by atoms with Crippen LogP contribution in [-0.4, -0.2) is 65.4 Å². The van der Waals surface area contributed by atoms with Crippen LogP contribution in [0.1, 0.15) is 26.2 Å². The van der Waals surface area contributed by atoms with Crippen LogP contribution in [-0.2, 0) is 9.53 Å². The molecule has 142 valence electrons. The standard InChI is InChI=1S/C16H22ClN5O4/c1-2-4-22-8-10(6-13(22)23)19-16(25)26-11-3-5-21(9-11)12-7-18-20-15(24)14(12)17/h7,10-11H,2-6,8-9H2,1H3,(H,19,25)(H,20,24)/t10?,11-/m1/s1. The van der Waals surface area contributed by atoms with Gasteiger partial charge in [0.15, 0.2) is 0 Å². The van der Waals surface area contributed by atoms with Crippen molar-refractivity contribution in [3.05, 3.63) is 21.6 Å². The van der Waals surface area contributed by atoms with Crippen LogP contribution in [0, 0.1) is 0 Å². The molecule has 1 aromatic heterocycles. The zero-order chi connectivity index (χ0) is 18.7. The van der Waals surface area contributed by atoms with Gasteiger partial charge in [0.2, 0.25) is 5.91 Å². The molecule has 0 spiro atoms. The maximum Gasteiger partial charge on any atom is 0.407 e. The smallest absolute Gasteiger partial charge is 0.407 e. The maximum absolute atomic E-state index is 12.1. The van der Waals surface area contributed by atoms with Gasteiger partial charge in [0.25, 0.3) is 5.56 Å². The fourth-order valence-electron chi connectivity index (χ4n) is 3.34. The predicted molar refractivity (Wildman–Crippen MR) is 95.4 cm³/mol. The summed E-state index contributed by atoms with van der Waals surface area (Å²) in [6.45, 7) is 4.27. The number of hydrogen-bond acceptors (Lipinski definition) is 6. The minimum atomic E-state index is -0.525. The maximum atomic E-state index is 12.1. The summed E-state index contributed by atoms with van der Waals surface area (Å²) in [5.74, 6) is 0.0561. The first-order chi connectivity index (χ1) is 12.5. The molecule has 0 radical (unpaired) electrons. The highest BCUT2D eigenvalue weighted by atomic mass is 35.5. The largest absolute Gasteiger partial charge is 0.444 e. The molecule has 2 aliphatic heterocycles. The average molecular weight is 384 g/mol. The summed E-state index contributed by atoms with van der Waals surface area (Å²) in [5, 5.41) is 8.86. The number of ether oxygens (including phenoxy) is 1. The summed E-state index contributed by atoms with van der Waals surface area (Å²) in [5.41, 5.74) is 0.0762. The molecule has 9 nitrogen and oxygen atoms in total. The predicted octanol–water partition coefficient (Wildman–Crippen LogP) is 0.739. The van der Waals surface area contributed by atoms with Gasteiger partial charge in [-0.2, -0.15) is 5.10 Å². The van der Waals surface area contributed by atoms with Crippen LogP contribution in [0.2, 0.25) is 5.02 Å². The number of H-pyrrole nitrogens is 1. The van der Waals surface area contributed by atoms with Gasteiger partial charge in [-0.3, -0.25) is 9.59 Å². The topological polar surface area (TPSA) is 108 Å². The number of hydrogen-bond donors (Lipinski definition) is 2. The van der Waals surface area contributed by atoms with Crippen LogP contribution in [0.25, 0.3) is 0 Å². The van der Waals surface area contributed by atoms with E-state index < -0.39 is 11.7 Å². The second-order valence-electron chi connectivity index (χ2n) is 6.55. The second kappa shape index (κ2) is 7.94. The third kappa shape index (κ3) is 4.09. The van der Waals surface area contributed by atoms with Gasteiger partial charge in [-0.15, -0.1) is 0 Å². The lowest BCUT2D eigenvalue weighted by Gasteiger charge is -2.19. The van der Waals surface area contributed by atoms with Crippen molar-refractivity contribution in [2.75, 3.05) is 31.1 Å². The van der Waals surface area contributed by atoms with Gasteiger partial charge in [0.1, 0.15) is 11.1 Å². The van der Waals surface area contributed by atoms with Crippen molar-refractivity contribution in [3.63, 3.8) is 0 Å². The number of anilines is 1. The molecule has 1 aromatic rings. The number of alkyl carbamates (subject to hydrolysis) is 1. The molecule has 0 aliphatic carbocycles. The number of nitrogens with zero attached hydrogens (tertiary/aromatic N) is 3. The molecule has 2 N–H and O–H groups in total. The highest BCUT2D eigenvalue weighted by Crippen LogP contribution is 2.25. The zero-order valence-electron chi connectivity index (χ0n) is 14.5. The van der Waals surface area contributed by atoms with E-state index in [2.05, 4.69) is 15.5 Å². The third-order valence-electron chi connectivity index (χ3n) is 4.57. The number of halogens is 1. The van der Waals surface area contributed by atoms with Crippen molar-refractivity contribution in [2.45, 2.75) is 38.3 Å². The van der Waals surface area contributed by atoms with E-state index in [9.17, 15) is 14.4 Å². The second-order valence-corrected chi connectivity index (χ2v) is 6.92. The molecule has 2 aliphatic rings. The Bertz CT molecular complexity index is 740. The SMILES string of the molecule is CCCN1CC(NC(=O)O[C@@H]2CCN(c3cn[nH]c(=O)c3Cl)C2)CC1=O. The summed E-state index contributed by atoms with van der Waals surface area (Å²) in [7, 11) is 0. The van der Waals surface area contributed by atoms with E-state index in [1.807, 2.05) is 11.8 Å². The third-order valence-corrected chi connectivity index (χ3v) is 4.93. The van der Waals surface area contributed by atoms with E-state index in [1.54, 1.807) is 4.90 Å². The first-order valence-corrected chi connectivity index (χ1v) is 9.08. The molecule has 2 fully saturated rings. The van der Waals surface area contributed by atoms with Crippen molar-refractivity contribution in [2.24, 2.45) is 0 Å². The lowest BCUT2D eigenvalue weighted by Crippen LogP contribution is -2.39. The van der Waals surface area contributed by atoms with Crippen LogP contribution in [0.5, 0.6) is 0 Å². The lowest BCUT2D eigenvalue weighted by molar-refractivity contribution is -0.127. The number of carbonyl (C=O) groups excluding carboxylic acids is 2. The molecular formula is C16H22ClN5O4. The minimum Gasteiger partial charge on any atom is -0.444 e. The molecule has 2 saturated heterocycles. The van der Waals surface area contributed by atoms with E-state index in [1.165, 1.54) is 6.20 Å². The highest BCUT2D eigenvalue weighted by Gasteiger charge is 2.32. The number of likely N-dealkylation sites (tertiary alicyclic amines) is 1. The Morgan fingerprint density at radius 3 is 3.04 bits per heavy atom. The van der Waals surface area contributed by atoms with Crippen molar-refractivity contribution in [3.8, 4) is 0 Å². The number of amides is 2. The van der Waals surface area contributed by atoms with Crippen molar-refractivity contribution in [1.82, 2.24) is 20.4 Å². The number of carbonyl (C=O) groups is 2. The van der Waals surface area contributed by atoms with Crippen molar-refractivity contribution >= 4 is 29.3 Å². The Balaban J connectivity index is 1.50. The van der Waals surface area contributed by atoms with Crippen LogP contribution < -0.4 is 15.8 Å². The summed E-state index contributed by atoms with van der Waals surface area (Å²) in [4.78, 5) is 39.1. The first-order valence-electron chi connectivity index (χ1n) is 8.71. The Kier molecular flexibility index (Phi) is 5.65. The van der Waals surface area contributed by atoms with Crippen LogP contribution in [0.4, 0.5) is 10.5 Å². The Hall–Kier alpha value is -2.29. The lowest BCUT2D eigenvalue weighted by atomic mass is 10.3. The molecule has 2 atom stereocenters. The molecule has 2 amide bonds. The Labute approximate surface area is 155 Å². The van der Waals surface area contributed by atoms with Gasteiger partial charge in [0, 0.05) is 32.5 Å².